The number of hydrogen-bond donors (Lipinski definition) is 1. The number of hydrogen-bond acceptors (Lipinski definition) is 1. The minimum absolute atomic E-state index is 0.549. The van der Waals surface area contributed by atoms with Crippen LogP contribution in [0.15, 0.2) is 54.6 Å². The Kier molecular flexibility index (Phi) is 3.78. The van der Waals surface area contributed by atoms with Crippen molar-refractivity contribution in [2.45, 2.75) is 13.8 Å². The highest BCUT2D eigenvalue weighted by Gasteiger charge is 2.13. The first-order chi connectivity index (χ1) is 8.74. The van der Waals surface area contributed by atoms with E-state index in [1.54, 1.807) is 0 Å². The van der Waals surface area contributed by atoms with Crippen molar-refractivity contribution in [3.8, 4) is 0 Å². The third-order valence-corrected chi connectivity index (χ3v) is 3.04. The molecule has 0 aliphatic rings. The van der Waals surface area contributed by atoms with Crippen LogP contribution in [0.2, 0.25) is 0 Å². The van der Waals surface area contributed by atoms with Gasteiger partial charge in [0.05, 0.1) is 0 Å². The van der Waals surface area contributed by atoms with Gasteiger partial charge in [0, 0.05) is 17.8 Å². The molecule has 0 saturated heterocycles. The van der Waals surface area contributed by atoms with Crippen LogP contribution in [-0.2, 0) is 0 Å². The van der Waals surface area contributed by atoms with E-state index in [1.807, 2.05) is 47.4 Å². The van der Waals surface area contributed by atoms with E-state index in [2.05, 4.69) is 26.0 Å². The van der Waals surface area contributed by atoms with Crippen molar-refractivity contribution in [1.29, 1.82) is 5.41 Å². The summed E-state index contributed by atoms with van der Waals surface area (Å²) in [5, 5.41) is 8.35. The summed E-state index contributed by atoms with van der Waals surface area (Å²) in [6, 6.07) is 18.0. The van der Waals surface area contributed by atoms with Gasteiger partial charge in [-0.3, -0.25) is 5.41 Å². The number of rotatable bonds is 3. The van der Waals surface area contributed by atoms with Crippen LogP contribution in [0.5, 0.6) is 0 Å². The highest BCUT2D eigenvalue weighted by molar-refractivity contribution is 6.08. The van der Waals surface area contributed by atoms with Crippen molar-refractivity contribution in [1.82, 2.24) is 0 Å². The van der Waals surface area contributed by atoms with Gasteiger partial charge in [0.15, 0.2) is 0 Å². The predicted octanol–water partition coefficient (Wildman–Crippen LogP) is 3.85. The number of amidine groups is 1. The van der Waals surface area contributed by atoms with Crippen LogP contribution in [0.1, 0.15) is 18.1 Å². The molecule has 2 heteroatoms. The Bertz CT molecular complexity index is 532. The molecule has 2 aromatic rings. The molecule has 0 aliphatic heterocycles. The summed E-state index contributed by atoms with van der Waals surface area (Å²) in [7, 11) is 0. The van der Waals surface area contributed by atoms with Gasteiger partial charge in [-0.15, -0.1) is 0 Å². The van der Waals surface area contributed by atoms with Crippen LogP contribution >= 0.6 is 0 Å². The molecule has 92 valence electrons. The van der Waals surface area contributed by atoms with Gasteiger partial charge in [0.25, 0.3) is 0 Å². The number of aryl methyl sites for hydroxylation is 1. The fourth-order valence-electron chi connectivity index (χ4n) is 2.07. The van der Waals surface area contributed by atoms with Crippen LogP contribution in [-0.4, -0.2) is 12.4 Å². The normalized spacial score (nSPS) is 10.1. The summed E-state index contributed by atoms with van der Waals surface area (Å²) < 4.78 is 0. The van der Waals surface area contributed by atoms with Crippen LogP contribution in [0, 0.1) is 12.3 Å². The molecule has 2 rings (SSSR count). The Morgan fingerprint density at radius 3 is 2.22 bits per heavy atom. The molecule has 0 spiro atoms. The number of nitrogens with zero attached hydrogens (tertiary/aromatic N) is 1. The van der Waals surface area contributed by atoms with Crippen molar-refractivity contribution in [3.05, 3.63) is 65.7 Å². The van der Waals surface area contributed by atoms with Gasteiger partial charge >= 0.3 is 0 Å². The highest BCUT2D eigenvalue weighted by atomic mass is 15.2. The molecule has 2 aromatic carbocycles. The lowest BCUT2D eigenvalue weighted by Crippen LogP contribution is -2.31. The van der Waals surface area contributed by atoms with E-state index in [4.69, 9.17) is 5.41 Å². The SMILES string of the molecule is CCN(C(=N)c1ccccc1)c1ccccc1C. The average molecular weight is 238 g/mol. The summed E-state index contributed by atoms with van der Waals surface area (Å²) in [6.07, 6.45) is 0. The van der Waals surface area contributed by atoms with Crippen molar-refractivity contribution in [2.75, 3.05) is 11.4 Å². The van der Waals surface area contributed by atoms with Gasteiger partial charge in [-0.05, 0) is 25.5 Å². The van der Waals surface area contributed by atoms with Gasteiger partial charge in [-0.2, -0.15) is 0 Å². The highest BCUT2D eigenvalue weighted by Crippen LogP contribution is 2.21. The summed E-state index contributed by atoms with van der Waals surface area (Å²) in [5.74, 6) is 0.549. The van der Waals surface area contributed by atoms with Gasteiger partial charge in [-0.1, -0.05) is 48.5 Å². The maximum absolute atomic E-state index is 8.35. The second-order valence-corrected chi connectivity index (χ2v) is 4.25. The molecule has 0 heterocycles. The molecule has 0 saturated carbocycles. The second kappa shape index (κ2) is 5.50. The quantitative estimate of drug-likeness (QED) is 0.638. The van der Waals surface area contributed by atoms with Gasteiger partial charge in [0.1, 0.15) is 5.84 Å². The van der Waals surface area contributed by atoms with E-state index in [1.165, 1.54) is 5.56 Å². The molecule has 2 nitrogen and oxygen atoms in total. The summed E-state index contributed by atoms with van der Waals surface area (Å²) in [4.78, 5) is 2.03. The largest absolute Gasteiger partial charge is 0.326 e. The minimum atomic E-state index is 0.549. The molecule has 0 bridgehead atoms. The van der Waals surface area contributed by atoms with Crippen molar-refractivity contribution < 1.29 is 0 Å². The zero-order valence-electron chi connectivity index (χ0n) is 10.9. The fraction of sp³-hybridized carbons (Fsp3) is 0.188. The second-order valence-electron chi connectivity index (χ2n) is 4.25. The van der Waals surface area contributed by atoms with Crippen LogP contribution in [0.25, 0.3) is 0 Å². The topological polar surface area (TPSA) is 27.1 Å². The third kappa shape index (κ3) is 2.43. The summed E-state index contributed by atoms with van der Waals surface area (Å²) in [5.41, 5.74) is 3.25. The Hall–Kier alpha value is -2.09. The molecule has 0 fully saturated rings. The van der Waals surface area contributed by atoms with Crippen LogP contribution in [0.4, 0.5) is 5.69 Å². The molecule has 18 heavy (non-hydrogen) atoms. The van der Waals surface area contributed by atoms with Crippen LogP contribution in [0.3, 0.4) is 0 Å². The standard InChI is InChI=1S/C16H18N2/c1-3-18(15-12-8-7-9-13(15)2)16(17)14-10-5-4-6-11-14/h4-12,17H,3H2,1-2H3. The fourth-order valence-corrected chi connectivity index (χ4v) is 2.07. The zero-order valence-corrected chi connectivity index (χ0v) is 10.9. The Morgan fingerprint density at radius 1 is 1.00 bits per heavy atom. The molecule has 0 aliphatic carbocycles. The summed E-state index contributed by atoms with van der Waals surface area (Å²) in [6.45, 7) is 4.94. The molecular weight excluding hydrogens is 220 g/mol. The smallest absolute Gasteiger partial charge is 0.132 e. The van der Waals surface area contributed by atoms with Gasteiger partial charge in [-0.25, -0.2) is 0 Å². The lowest BCUT2D eigenvalue weighted by Gasteiger charge is -2.25. The zero-order chi connectivity index (χ0) is 13.0. The Labute approximate surface area is 108 Å². The van der Waals surface area contributed by atoms with Gasteiger partial charge in [0.2, 0.25) is 0 Å². The summed E-state index contributed by atoms with van der Waals surface area (Å²) >= 11 is 0. The molecular formula is C16H18N2. The van der Waals surface area contributed by atoms with E-state index < -0.39 is 0 Å². The van der Waals surface area contributed by atoms with Crippen molar-refractivity contribution in [2.24, 2.45) is 0 Å². The number of benzene rings is 2. The first-order valence-electron chi connectivity index (χ1n) is 6.21. The molecule has 0 aromatic heterocycles. The molecule has 0 atom stereocenters. The van der Waals surface area contributed by atoms with E-state index in [-0.39, 0.29) is 0 Å². The molecule has 0 amide bonds. The maximum atomic E-state index is 8.35. The van der Waals surface area contributed by atoms with E-state index >= 15 is 0 Å². The average Bonchev–Trinajstić information content (AvgIpc) is 2.42. The van der Waals surface area contributed by atoms with E-state index in [9.17, 15) is 0 Å². The van der Waals surface area contributed by atoms with Crippen molar-refractivity contribution >= 4 is 11.5 Å². The lowest BCUT2D eigenvalue weighted by atomic mass is 10.1. The van der Waals surface area contributed by atoms with E-state index in [0.29, 0.717) is 5.84 Å². The Morgan fingerprint density at radius 2 is 1.61 bits per heavy atom. The van der Waals surface area contributed by atoms with Crippen LogP contribution < -0.4 is 4.90 Å². The number of para-hydroxylation sites is 1. The molecule has 1 N–H and O–H groups in total. The monoisotopic (exact) mass is 238 g/mol. The number of anilines is 1. The Balaban J connectivity index is 2.36. The first kappa shape index (κ1) is 12.4. The van der Waals surface area contributed by atoms with Crippen molar-refractivity contribution in [3.63, 3.8) is 0 Å². The first-order valence-corrected chi connectivity index (χ1v) is 6.21. The van der Waals surface area contributed by atoms with Gasteiger partial charge < -0.3 is 4.90 Å². The predicted molar refractivity (Wildman–Crippen MR) is 77.5 cm³/mol. The maximum Gasteiger partial charge on any atom is 0.132 e. The minimum Gasteiger partial charge on any atom is -0.326 e. The molecule has 0 radical (unpaired) electrons. The van der Waals surface area contributed by atoms with E-state index in [0.717, 1.165) is 17.8 Å². The third-order valence-electron chi connectivity index (χ3n) is 3.04. The number of nitrogens with one attached hydrogen (secondary N) is 1. The molecule has 0 unspecified atom stereocenters. The lowest BCUT2D eigenvalue weighted by molar-refractivity contribution is 1.04.